The molecule has 2 heteroatoms. The molecule has 1 aromatic rings. The molecule has 1 fully saturated rings. The first-order valence-electron chi connectivity index (χ1n) is 8.87. The van der Waals surface area contributed by atoms with Crippen molar-refractivity contribution in [3.63, 3.8) is 0 Å². The van der Waals surface area contributed by atoms with E-state index in [2.05, 4.69) is 32.2 Å². The minimum Gasteiger partial charge on any atom is -0.326 e. The summed E-state index contributed by atoms with van der Waals surface area (Å²) in [4.78, 5) is 11.7. The smallest absolute Gasteiger partial charge is 0.221 e. The number of rotatable bonds is 1. The number of hydrogen-bond donors (Lipinski definition) is 1. The van der Waals surface area contributed by atoms with Crippen molar-refractivity contribution in [2.45, 2.75) is 84.0 Å². The first-order chi connectivity index (χ1) is 10.4. The Hall–Kier alpha value is -1.31. The molecular formula is C20H29NO. The second kappa shape index (κ2) is 5.72. The van der Waals surface area contributed by atoms with Crippen LogP contribution >= 0.6 is 0 Å². The van der Waals surface area contributed by atoms with Crippen LogP contribution < -0.4 is 5.32 Å². The molecule has 120 valence electrons. The summed E-state index contributed by atoms with van der Waals surface area (Å²) in [6.45, 7) is 8.37. The molecule has 1 N–H and O–H groups in total. The highest BCUT2D eigenvalue weighted by Gasteiger charge is 2.44. The zero-order valence-electron chi connectivity index (χ0n) is 14.5. The highest BCUT2D eigenvalue weighted by molar-refractivity contribution is 5.91. The molecule has 3 rings (SSSR count). The summed E-state index contributed by atoms with van der Waals surface area (Å²) in [6, 6.07) is 2.29. The van der Waals surface area contributed by atoms with Crippen LogP contribution in [0.4, 0.5) is 5.69 Å². The summed E-state index contributed by atoms with van der Waals surface area (Å²) >= 11 is 0. The molecular weight excluding hydrogens is 270 g/mol. The number of hydrogen-bond acceptors (Lipinski definition) is 1. The molecule has 0 aromatic heterocycles. The van der Waals surface area contributed by atoms with E-state index >= 15 is 0 Å². The zero-order chi connectivity index (χ0) is 15.9. The fourth-order valence-corrected chi connectivity index (χ4v) is 5.21. The van der Waals surface area contributed by atoms with E-state index in [9.17, 15) is 4.79 Å². The number of carbonyl (C=O) groups excluding carboxylic acids is 1. The first-order valence-corrected chi connectivity index (χ1v) is 8.87. The summed E-state index contributed by atoms with van der Waals surface area (Å²) in [6.07, 6.45) is 9.40. The Kier molecular flexibility index (Phi) is 4.05. The van der Waals surface area contributed by atoms with Gasteiger partial charge in [-0.2, -0.15) is 0 Å². The van der Waals surface area contributed by atoms with Gasteiger partial charge in [-0.05, 0) is 66.7 Å². The number of anilines is 1. The lowest BCUT2D eigenvalue weighted by Gasteiger charge is -2.31. The Balaban J connectivity index is 2.17. The third-order valence-corrected chi connectivity index (χ3v) is 5.84. The van der Waals surface area contributed by atoms with Crippen molar-refractivity contribution in [1.82, 2.24) is 0 Å². The molecule has 0 saturated heterocycles. The van der Waals surface area contributed by atoms with Gasteiger partial charge in [0.25, 0.3) is 0 Å². The van der Waals surface area contributed by atoms with Crippen molar-refractivity contribution in [3.8, 4) is 0 Å². The van der Waals surface area contributed by atoms with E-state index in [-0.39, 0.29) is 5.91 Å². The fourth-order valence-electron chi connectivity index (χ4n) is 5.21. The van der Waals surface area contributed by atoms with Crippen molar-refractivity contribution in [3.05, 3.63) is 28.3 Å². The predicted molar refractivity (Wildman–Crippen MR) is 92.6 cm³/mol. The molecule has 2 aliphatic carbocycles. The van der Waals surface area contributed by atoms with E-state index < -0.39 is 0 Å². The van der Waals surface area contributed by atoms with E-state index in [1.54, 1.807) is 12.5 Å². The van der Waals surface area contributed by atoms with Crippen molar-refractivity contribution in [2.75, 3.05) is 5.32 Å². The van der Waals surface area contributed by atoms with Gasteiger partial charge in [-0.15, -0.1) is 0 Å². The quantitative estimate of drug-likeness (QED) is 0.743. The molecule has 0 radical (unpaired) electrons. The topological polar surface area (TPSA) is 29.1 Å². The second-order valence-corrected chi connectivity index (χ2v) is 7.65. The van der Waals surface area contributed by atoms with Crippen LogP contribution in [0.3, 0.4) is 0 Å². The van der Waals surface area contributed by atoms with Gasteiger partial charge in [-0.25, -0.2) is 0 Å². The van der Waals surface area contributed by atoms with Gasteiger partial charge in [0.1, 0.15) is 0 Å². The molecule has 0 aliphatic heterocycles. The maximum atomic E-state index is 11.7. The average molecular weight is 299 g/mol. The van der Waals surface area contributed by atoms with Gasteiger partial charge in [-0.1, -0.05) is 38.7 Å². The van der Waals surface area contributed by atoms with Crippen molar-refractivity contribution in [2.24, 2.45) is 0 Å². The average Bonchev–Trinajstić information content (AvgIpc) is 2.59. The van der Waals surface area contributed by atoms with Crippen LogP contribution in [0.25, 0.3) is 0 Å². The van der Waals surface area contributed by atoms with Crippen LogP contribution in [0, 0.1) is 13.8 Å². The number of benzene rings is 1. The lowest BCUT2D eigenvalue weighted by Crippen LogP contribution is -2.23. The Morgan fingerprint density at radius 1 is 1.14 bits per heavy atom. The van der Waals surface area contributed by atoms with Crippen LogP contribution in [0.15, 0.2) is 6.07 Å². The lowest BCUT2D eigenvalue weighted by molar-refractivity contribution is -0.114. The molecule has 1 aromatic carbocycles. The monoisotopic (exact) mass is 299 g/mol. The number of carbonyl (C=O) groups is 1. The summed E-state index contributed by atoms with van der Waals surface area (Å²) < 4.78 is 0. The predicted octanol–water partition coefficient (Wildman–Crippen LogP) is 5.36. The van der Waals surface area contributed by atoms with Crippen LogP contribution in [0.5, 0.6) is 0 Å². The molecule has 1 unspecified atom stereocenters. The number of fused-ring (bicyclic) bond motifs is 2. The van der Waals surface area contributed by atoms with Gasteiger partial charge < -0.3 is 5.32 Å². The molecule has 0 heterocycles. The molecule has 1 saturated carbocycles. The minimum atomic E-state index is 0.0446. The van der Waals surface area contributed by atoms with Crippen molar-refractivity contribution >= 4 is 11.6 Å². The van der Waals surface area contributed by atoms with Crippen LogP contribution in [0.1, 0.15) is 87.0 Å². The standard InChI is InChI=1S/C20H29NO/c1-13-11-14(2)19(21-16(4)22)17-15(3)12-20(18(13)17)9-7-5-6-8-10-20/h11,15H,5-10,12H2,1-4H3,(H,21,22). The Bertz CT molecular complexity index is 594. The van der Waals surface area contributed by atoms with E-state index in [4.69, 9.17) is 0 Å². The SMILES string of the molecule is CC(=O)Nc1c(C)cc(C)c2c1C(C)CC21CCCCCC1. The maximum absolute atomic E-state index is 11.7. The van der Waals surface area contributed by atoms with Gasteiger partial charge >= 0.3 is 0 Å². The van der Waals surface area contributed by atoms with E-state index in [0.29, 0.717) is 11.3 Å². The largest absolute Gasteiger partial charge is 0.326 e. The Labute approximate surface area is 134 Å². The molecule has 2 nitrogen and oxygen atoms in total. The molecule has 0 bridgehead atoms. The number of aryl methyl sites for hydroxylation is 2. The highest BCUT2D eigenvalue weighted by atomic mass is 16.1. The summed E-state index contributed by atoms with van der Waals surface area (Å²) in [5, 5.41) is 3.13. The maximum Gasteiger partial charge on any atom is 0.221 e. The lowest BCUT2D eigenvalue weighted by atomic mass is 9.73. The highest BCUT2D eigenvalue weighted by Crippen LogP contribution is 2.56. The fraction of sp³-hybridized carbons (Fsp3) is 0.650. The van der Waals surface area contributed by atoms with Crippen molar-refractivity contribution in [1.29, 1.82) is 0 Å². The van der Waals surface area contributed by atoms with Gasteiger partial charge in [-0.3, -0.25) is 4.79 Å². The number of amides is 1. The summed E-state index contributed by atoms with van der Waals surface area (Å²) in [5.74, 6) is 0.594. The van der Waals surface area contributed by atoms with E-state index in [1.807, 2.05) is 0 Å². The van der Waals surface area contributed by atoms with Gasteiger partial charge in [0.2, 0.25) is 5.91 Å². The first kappa shape index (κ1) is 15.6. The third kappa shape index (κ3) is 2.47. The normalized spacial score (nSPS) is 23.2. The summed E-state index contributed by atoms with van der Waals surface area (Å²) in [5.41, 5.74) is 7.14. The van der Waals surface area contributed by atoms with Gasteiger partial charge in [0.05, 0.1) is 0 Å². The zero-order valence-corrected chi connectivity index (χ0v) is 14.5. The van der Waals surface area contributed by atoms with Gasteiger partial charge in [0, 0.05) is 12.6 Å². The third-order valence-electron chi connectivity index (χ3n) is 5.84. The minimum absolute atomic E-state index is 0.0446. The molecule has 22 heavy (non-hydrogen) atoms. The second-order valence-electron chi connectivity index (χ2n) is 7.65. The Morgan fingerprint density at radius 2 is 1.77 bits per heavy atom. The number of nitrogens with one attached hydrogen (secondary N) is 1. The van der Waals surface area contributed by atoms with Crippen LogP contribution in [0.2, 0.25) is 0 Å². The summed E-state index contributed by atoms with van der Waals surface area (Å²) in [7, 11) is 0. The van der Waals surface area contributed by atoms with Crippen molar-refractivity contribution < 1.29 is 4.79 Å². The molecule has 1 amide bonds. The van der Waals surface area contributed by atoms with Crippen LogP contribution in [-0.4, -0.2) is 5.91 Å². The van der Waals surface area contributed by atoms with E-state index in [1.165, 1.54) is 61.6 Å². The molecule has 1 atom stereocenters. The Morgan fingerprint density at radius 3 is 2.36 bits per heavy atom. The van der Waals surface area contributed by atoms with Crippen LogP contribution in [-0.2, 0) is 10.2 Å². The van der Waals surface area contributed by atoms with Gasteiger partial charge in [0.15, 0.2) is 0 Å². The molecule has 1 spiro atoms. The molecule has 2 aliphatic rings. The van der Waals surface area contributed by atoms with E-state index in [0.717, 1.165) is 5.69 Å².